The van der Waals surface area contributed by atoms with E-state index in [2.05, 4.69) is 36.3 Å². The Morgan fingerprint density at radius 2 is 1.95 bits per heavy atom. The quantitative estimate of drug-likeness (QED) is 0.853. The van der Waals surface area contributed by atoms with Crippen LogP contribution in [0.1, 0.15) is 31.1 Å². The smallest absolute Gasteiger partial charge is 0.125 e. The maximum Gasteiger partial charge on any atom is 0.125 e. The van der Waals surface area contributed by atoms with Gasteiger partial charge in [-0.3, -0.25) is 0 Å². The van der Waals surface area contributed by atoms with Crippen molar-refractivity contribution in [2.24, 2.45) is 0 Å². The standard InChI is InChI=1S/C16H20N2O/c1-3-17-16-10-9-14(11-18-16)12-19-13(2)15-7-5-4-6-8-15/h4-11,13H,3,12H2,1-2H3,(H,17,18). The van der Waals surface area contributed by atoms with E-state index in [-0.39, 0.29) is 6.10 Å². The molecule has 0 bridgehead atoms. The van der Waals surface area contributed by atoms with Gasteiger partial charge in [-0.05, 0) is 31.0 Å². The highest BCUT2D eigenvalue weighted by molar-refractivity contribution is 5.35. The fourth-order valence-electron chi connectivity index (χ4n) is 1.84. The molecule has 3 nitrogen and oxygen atoms in total. The molecule has 1 heterocycles. The zero-order valence-electron chi connectivity index (χ0n) is 11.5. The van der Waals surface area contributed by atoms with Crippen molar-refractivity contribution in [3.63, 3.8) is 0 Å². The van der Waals surface area contributed by atoms with Crippen LogP contribution in [0.4, 0.5) is 5.82 Å². The zero-order valence-corrected chi connectivity index (χ0v) is 11.5. The lowest BCUT2D eigenvalue weighted by molar-refractivity contribution is 0.0524. The first-order valence-electron chi connectivity index (χ1n) is 6.65. The van der Waals surface area contributed by atoms with Gasteiger partial charge in [0, 0.05) is 12.7 Å². The lowest BCUT2D eigenvalue weighted by Gasteiger charge is -2.13. The minimum atomic E-state index is 0.0923. The molecule has 0 saturated carbocycles. The summed E-state index contributed by atoms with van der Waals surface area (Å²) >= 11 is 0. The van der Waals surface area contributed by atoms with Crippen molar-refractivity contribution in [3.8, 4) is 0 Å². The number of anilines is 1. The number of pyridine rings is 1. The molecule has 0 aliphatic heterocycles. The van der Waals surface area contributed by atoms with Gasteiger partial charge in [0.1, 0.15) is 5.82 Å². The Kier molecular flexibility index (Phi) is 4.93. The molecule has 19 heavy (non-hydrogen) atoms. The molecule has 0 amide bonds. The third-order valence-electron chi connectivity index (χ3n) is 2.95. The molecule has 2 rings (SSSR count). The number of aromatic nitrogens is 1. The van der Waals surface area contributed by atoms with Crippen LogP contribution in [-0.2, 0) is 11.3 Å². The van der Waals surface area contributed by atoms with E-state index in [1.165, 1.54) is 5.56 Å². The van der Waals surface area contributed by atoms with Crippen LogP contribution < -0.4 is 5.32 Å². The highest BCUT2D eigenvalue weighted by Crippen LogP contribution is 2.18. The van der Waals surface area contributed by atoms with Crippen molar-refractivity contribution in [1.82, 2.24) is 4.98 Å². The Morgan fingerprint density at radius 3 is 2.58 bits per heavy atom. The van der Waals surface area contributed by atoms with Gasteiger partial charge in [-0.15, -0.1) is 0 Å². The third kappa shape index (κ3) is 4.07. The predicted molar refractivity (Wildman–Crippen MR) is 78.0 cm³/mol. The van der Waals surface area contributed by atoms with Crippen molar-refractivity contribution < 1.29 is 4.74 Å². The molecule has 0 fully saturated rings. The molecule has 1 N–H and O–H groups in total. The Hall–Kier alpha value is -1.87. The molecule has 1 unspecified atom stereocenters. The van der Waals surface area contributed by atoms with E-state index in [0.717, 1.165) is 17.9 Å². The lowest BCUT2D eigenvalue weighted by Crippen LogP contribution is -2.02. The van der Waals surface area contributed by atoms with Crippen LogP contribution in [0.25, 0.3) is 0 Å². The second-order valence-electron chi connectivity index (χ2n) is 4.45. The van der Waals surface area contributed by atoms with E-state index in [0.29, 0.717) is 6.61 Å². The molecule has 1 aromatic heterocycles. The summed E-state index contributed by atoms with van der Waals surface area (Å²) < 4.78 is 5.85. The first-order chi connectivity index (χ1) is 9.29. The first-order valence-corrected chi connectivity index (χ1v) is 6.65. The molecule has 100 valence electrons. The summed E-state index contributed by atoms with van der Waals surface area (Å²) in [7, 11) is 0. The van der Waals surface area contributed by atoms with Crippen molar-refractivity contribution in [2.75, 3.05) is 11.9 Å². The highest BCUT2D eigenvalue weighted by atomic mass is 16.5. The fraction of sp³-hybridized carbons (Fsp3) is 0.312. The summed E-state index contributed by atoms with van der Waals surface area (Å²) in [5, 5.41) is 3.17. The third-order valence-corrected chi connectivity index (χ3v) is 2.95. The molecule has 2 aromatic rings. The van der Waals surface area contributed by atoms with Gasteiger partial charge in [0.15, 0.2) is 0 Å². The van der Waals surface area contributed by atoms with Gasteiger partial charge in [0.05, 0.1) is 12.7 Å². The highest BCUT2D eigenvalue weighted by Gasteiger charge is 2.05. The fourth-order valence-corrected chi connectivity index (χ4v) is 1.84. The van der Waals surface area contributed by atoms with E-state index in [4.69, 9.17) is 4.74 Å². The Bertz CT molecular complexity index is 482. The predicted octanol–water partition coefficient (Wildman–Crippen LogP) is 3.79. The van der Waals surface area contributed by atoms with E-state index >= 15 is 0 Å². The Labute approximate surface area is 114 Å². The summed E-state index contributed by atoms with van der Waals surface area (Å²) in [4.78, 5) is 4.33. The van der Waals surface area contributed by atoms with Crippen LogP contribution in [0.2, 0.25) is 0 Å². The van der Waals surface area contributed by atoms with Gasteiger partial charge in [0.2, 0.25) is 0 Å². The number of nitrogens with zero attached hydrogens (tertiary/aromatic N) is 1. The van der Waals surface area contributed by atoms with Gasteiger partial charge in [-0.1, -0.05) is 36.4 Å². The molecule has 0 radical (unpaired) electrons. The SMILES string of the molecule is CCNc1ccc(COC(C)c2ccccc2)cn1. The number of hydrogen-bond acceptors (Lipinski definition) is 3. The average molecular weight is 256 g/mol. The van der Waals surface area contributed by atoms with Gasteiger partial charge in [-0.2, -0.15) is 0 Å². The average Bonchev–Trinajstić information content (AvgIpc) is 2.47. The molecule has 0 spiro atoms. The topological polar surface area (TPSA) is 34.1 Å². The maximum absolute atomic E-state index is 5.85. The van der Waals surface area contributed by atoms with Crippen LogP contribution in [-0.4, -0.2) is 11.5 Å². The van der Waals surface area contributed by atoms with Crippen LogP contribution in [0, 0.1) is 0 Å². The molecule has 0 saturated heterocycles. The minimum absolute atomic E-state index is 0.0923. The van der Waals surface area contributed by atoms with E-state index < -0.39 is 0 Å². The molecule has 1 aromatic carbocycles. The van der Waals surface area contributed by atoms with E-state index in [9.17, 15) is 0 Å². The molecular formula is C16H20N2O. The normalized spacial score (nSPS) is 12.1. The van der Waals surface area contributed by atoms with Crippen molar-refractivity contribution in [3.05, 3.63) is 59.8 Å². The van der Waals surface area contributed by atoms with E-state index in [1.54, 1.807) is 0 Å². The number of ether oxygens (including phenoxy) is 1. The monoisotopic (exact) mass is 256 g/mol. The Morgan fingerprint density at radius 1 is 1.16 bits per heavy atom. The van der Waals surface area contributed by atoms with Crippen LogP contribution >= 0.6 is 0 Å². The van der Waals surface area contributed by atoms with E-state index in [1.807, 2.05) is 36.5 Å². The van der Waals surface area contributed by atoms with Crippen molar-refractivity contribution >= 4 is 5.82 Å². The molecular weight excluding hydrogens is 236 g/mol. The van der Waals surface area contributed by atoms with Gasteiger partial charge in [0.25, 0.3) is 0 Å². The molecule has 0 aliphatic carbocycles. The first kappa shape index (κ1) is 13.6. The summed E-state index contributed by atoms with van der Waals surface area (Å²) in [5.41, 5.74) is 2.28. The number of nitrogens with one attached hydrogen (secondary N) is 1. The van der Waals surface area contributed by atoms with Crippen molar-refractivity contribution in [2.45, 2.75) is 26.6 Å². The second-order valence-corrected chi connectivity index (χ2v) is 4.45. The summed E-state index contributed by atoms with van der Waals surface area (Å²) in [6.07, 6.45) is 1.95. The largest absolute Gasteiger partial charge is 0.370 e. The lowest BCUT2D eigenvalue weighted by atomic mass is 10.1. The summed E-state index contributed by atoms with van der Waals surface area (Å²) in [6.45, 7) is 5.58. The zero-order chi connectivity index (χ0) is 13.5. The molecule has 0 aliphatic rings. The van der Waals surface area contributed by atoms with Gasteiger partial charge >= 0.3 is 0 Å². The van der Waals surface area contributed by atoms with Crippen LogP contribution in [0.5, 0.6) is 0 Å². The summed E-state index contributed by atoms with van der Waals surface area (Å²) in [5.74, 6) is 0.905. The summed E-state index contributed by atoms with van der Waals surface area (Å²) in [6, 6.07) is 14.3. The number of benzene rings is 1. The molecule has 3 heteroatoms. The molecule has 1 atom stereocenters. The maximum atomic E-state index is 5.85. The number of rotatable bonds is 6. The van der Waals surface area contributed by atoms with Gasteiger partial charge < -0.3 is 10.1 Å². The van der Waals surface area contributed by atoms with Crippen LogP contribution in [0.3, 0.4) is 0 Å². The Balaban J connectivity index is 1.88. The van der Waals surface area contributed by atoms with Crippen molar-refractivity contribution in [1.29, 1.82) is 0 Å². The number of hydrogen-bond donors (Lipinski definition) is 1. The second kappa shape index (κ2) is 6.90. The minimum Gasteiger partial charge on any atom is -0.370 e. The van der Waals surface area contributed by atoms with Crippen LogP contribution in [0.15, 0.2) is 48.7 Å². The van der Waals surface area contributed by atoms with Gasteiger partial charge in [-0.25, -0.2) is 4.98 Å².